The van der Waals surface area contributed by atoms with Crippen LogP contribution in [-0.2, 0) is 10.0 Å². The molecule has 0 aliphatic rings. The van der Waals surface area contributed by atoms with Crippen molar-refractivity contribution in [2.24, 2.45) is 5.92 Å². The highest BCUT2D eigenvalue weighted by atomic mass is 32.2. The van der Waals surface area contributed by atoms with E-state index >= 15 is 0 Å². The van der Waals surface area contributed by atoms with E-state index in [-0.39, 0.29) is 17.0 Å². The van der Waals surface area contributed by atoms with Gasteiger partial charge < -0.3 is 4.98 Å². The predicted octanol–water partition coefficient (Wildman–Crippen LogP) is 2.87. The number of hydrogen-bond acceptors (Lipinski definition) is 3. The molecule has 1 aromatic heterocycles. The monoisotopic (exact) mass is 307 g/mol. The summed E-state index contributed by atoms with van der Waals surface area (Å²) < 4.78 is 27.7. The molecule has 0 bridgehead atoms. The number of H-pyrrole nitrogens is 1. The van der Waals surface area contributed by atoms with Crippen molar-refractivity contribution in [3.05, 3.63) is 48.4 Å². The van der Waals surface area contributed by atoms with Crippen LogP contribution in [-0.4, -0.2) is 18.4 Å². The molecule has 0 spiro atoms. The lowest BCUT2D eigenvalue weighted by Crippen LogP contribution is -2.33. The van der Waals surface area contributed by atoms with E-state index in [9.17, 15) is 8.42 Å². The topological polar surface area (TPSA) is 74.8 Å². The minimum Gasteiger partial charge on any atom is -0.335 e. The van der Waals surface area contributed by atoms with Crippen LogP contribution in [0.5, 0.6) is 0 Å². The summed E-state index contributed by atoms with van der Waals surface area (Å²) in [5.41, 5.74) is 0.981. The Morgan fingerprint density at radius 1 is 1.19 bits per heavy atom. The molecule has 2 N–H and O–H groups in total. The van der Waals surface area contributed by atoms with Crippen LogP contribution in [0, 0.1) is 5.92 Å². The maximum atomic E-state index is 12.4. The second-order valence-corrected chi connectivity index (χ2v) is 6.68. The van der Waals surface area contributed by atoms with E-state index in [2.05, 4.69) is 28.5 Å². The maximum Gasteiger partial charge on any atom is 0.258 e. The van der Waals surface area contributed by atoms with E-state index in [1.807, 2.05) is 30.3 Å². The Bertz CT molecular complexity index is 635. The number of sulfonamides is 1. The summed E-state index contributed by atoms with van der Waals surface area (Å²) in [5.74, 6) is 0.241. The molecule has 1 unspecified atom stereocenters. The lowest BCUT2D eigenvalue weighted by atomic mass is 9.90. The van der Waals surface area contributed by atoms with Gasteiger partial charge in [0.15, 0.2) is 5.03 Å². The third-order valence-electron chi connectivity index (χ3n) is 3.72. The molecule has 6 heteroatoms. The minimum absolute atomic E-state index is 0.0920. The summed E-state index contributed by atoms with van der Waals surface area (Å²) in [6, 6.07) is 9.45. The van der Waals surface area contributed by atoms with Gasteiger partial charge in [-0.3, -0.25) is 0 Å². The first kappa shape index (κ1) is 15.7. The highest BCUT2D eigenvalue weighted by molar-refractivity contribution is 7.89. The van der Waals surface area contributed by atoms with Crippen LogP contribution in [0.15, 0.2) is 47.9 Å². The minimum atomic E-state index is -3.60. The Balaban J connectivity index is 2.33. The quantitative estimate of drug-likeness (QED) is 0.826. The maximum absolute atomic E-state index is 12.4. The largest absolute Gasteiger partial charge is 0.335 e. The first-order valence-corrected chi connectivity index (χ1v) is 8.62. The highest BCUT2D eigenvalue weighted by Gasteiger charge is 2.27. The summed E-state index contributed by atoms with van der Waals surface area (Å²) in [6.45, 7) is 4.16. The van der Waals surface area contributed by atoms with Crippen molar-refractivity contribution in [2.75, 3.05) is 0 Å². The van der Waals surface area contributed by atoms with Gasteiger partial charge >= 0.3 is 0 Å². The summed E-state index contributed by atoms with van der Waals surface area (Å²) in [5, 5.41) is 0.0920. The van der Waals surface area contributed by atoms with E-state index in [1.54, 1.807) is 0 Å². The number of aromatic amines is 1. The third-order valence-corrected chi connectivity index (χ3v) is 5.09. The van der Waals surface area contributed by atoms with Crippen LogP contribution in [0.25, 0.3) is 0 Å². The van der Waals surface area contributed by atoms with Crippen LogP contribution >= 0.6 is 0 Å². The molecule has 0 saturated carbocycles. The molecule has 0 saturated heterocycles. The van der Waals surface area contributed by atoms with E-state index in [1.165, 1.54) is 12.5 Å². The Morgan fingerprint density at radius 2 is 1.86 bits per heavy atom. The fourth-order valence-electron chi connectivity index (χ4n) is 2.48. The Kier molecular flexibility index (Phi) is 5.14. The fraction of sp³-hybridized carbons (Fsp3) is 0.400. The number of nitrogens with zero attached hydrogens (tertiary/aromatic N) is 1. The third kappa shape index (κ3) is 3.71. The summed E-state index contributed by atoms with van der Waals surface area (Å²) in [7, 11) is -3.60. The number of benzene rings is 1. The molecule has 2 rings (SSSR count). The van der Waals surface area contributed by atoms with E-state index in [0.29, 0.717) is 0 Å². The molecular weight excluding hydrogens is 286 g/mol. The first-order valence-electron chi connectivity index (χ1n) is 7.14. The molecular formula is C15H21N3O2S. The van der Waals surface area contributed by atoms with Gasteiger partial charge in [0.1, 0.15) is 0 Å². The zero-order valence-electron chi connectivity index (χ0n) is 12.3. The normalized spacial score (nSPS) is 13.5. The number of nitrogens with one attached hydrogen (secondary N) is 2. The SMILES string of the molecule is CCC(CC)C(NS(=O)(=O)c1cnc[nH]1)c1ccccc1. The molecule has 0 aliphatic carbocycles. The number of imidazole rings is 1. The van der Waals surface area contributed by atoms with Gasteiger partial charge in [-0.1, -0.05) is 57.0 Å². The summed E-state index contributed by atoms with van der Waals surface area (Å²) >= 11 is 0. The standard InChI is InChI=1S/C15H21N3O2S/c1-3-12(4-2)15(13-8-6-5-7-9-13)18-21(19,20)14-10-16-11-17-14/h5-12,15,18H,3-4H2,1-2H3,(H,16,17). The summed E-state index contributed by atoms with van der Waals surface area (Å²) in [4.78, 5) is 6.43. The highest BCUT2D eigenvalue weighted by Crippen LogP contribution is 2.28. The summed E-state index contributed by atoms with van der Waals surface area (Å²) in [6.07, 6.45) is 4.49. The zero-order valence-corrected chi connectivity index (χ0v) is 13.1. The lowest BCUT2D eigenvalue weighted by Gasteiger charge is -2.26. The Morgan fingerprint density at radius 3 is 2.38 bits per heavy atom. The average molecular weight is 307 g/mol. The predicted molar refractivity (Wildman–Crippen MR) is 82.2 cm³/mol. The van der Waals surface area contributed by atoms with Crippen LogP contribution in [0.4, 0.5) is 0 Å². The molecule has 0 fully saturated rings. The Hall–Kier alpha value is -1.66. The average Bonchev–Trinajstić information content (AvgIpc) is 3.03. The van der Waals surface area contributed by atoms with Gasteiger partial charge in [-0.25, -0.2) is 18.1 Å². The van der Waals surface area contributed by atoms with Crippen LogP contribution < -0.4 is 4.72 Å². The molecule has 2 aromatic rings. The number of hydrogen-bond donors (Lipinski definition) is 2. The van der Waals surface area contributed by atoms with Gasteiger partial charge in [0, 0.05) is 6.04 Å². The van der Waals surface area contributed by atoms with Crippen molar-refractivity contribution in [2.45, 2.75) is 37.8 Å². The second-order valence-electron chi connectivity index (χ2n) is 5.00. The molecule has 1 aromatic carbocycles. The molecule has 5 nitrogen and oxygen atoms in total. The van der Waals surface area contributed by atoms with E-state index < -0.39 is 10.0 Å². The number of rotatable bonds is 7. The smallest absolute Gasteiger partial charge is 0.258 e. The lowest BCUT2D eigenvalue weighted by molar-refractivity contribution is 0.378. The van der Waals surface area contributed by atoms with Gasteiger partial charge in [-0.2, -0.15) is 0 Å². The molecule has 0 radical (unpaired) electrons. The second kappa shape index (κ2) is 6.87. The van der Waals surface area contributed by atoms with Gasteiger partial charge in [0.25, 0.3) is 10.0 Å². The van der Waals surface area contributed by atoms with Gasteiger partial charge in [-0.05, 0) is 11.5 Å². The van der Waals surface area contributed by atoms with Crippen LogP contribution in [0.2, 0.25) is 0 Å². The van der Waals surface area contributed by atoms with Gasteiger partial charge in [0.2, 0.25) is 0 Å². The van der Waals surface area contributed by atoms with Crippen molar-refractivity contribution >= 4 is 10.0 Å². The van der Waals surface area contributed by atoms with E-state index in [4.69, 9.17) is 0 Å². The fourth-order valence-corrected chi connectivity index (χ4v) is 3.67. The van der Waals surface area contributed by atoms with Gasteiger partial charge in [-0.15, -0.1) is 0 Å². The molecule has 0 amide bonds. The van der Waals surface area contributed by atoms with Crippen molar-refractivity contribution in [1.29, 1.82) is 0 Å². The van der Waals surface area contributed by atoms with E-state index in [0.717, 1.165) is 18.4 Å². The Labute approximate surface area is 125 Å². The van der Waals surface area contributed by atoms with Crippen molar-refractivity contribution in [1.82, 2.24) is 14.7 Å². The molecule has 21 heavy (non-hydrogen) atoms. The van der Waals surface area contributed by atoms with Crippen molar-refractivity contribution in [3.63, 3.8) is 0 Å². The molecule has 0 aliphatic heterocycles. The molecule has 1 heterocycles. The molecule has 114 valence electrons. The number of aromatic nitrogens is 2. The van der Waals surface area contributed by atoms with Crippen molar-refractivity contribution in [3.8, 4) is 0 Å². The van der Waals surface area contributed by atoms with Crippen molar-refractivity contribution < 1.29 is 8.42 Å². The van der Waals surface area contributed by atoms with Crippen LogP contribution in [0.3, 0.4) is 0 Å². The first-order chi connectivity index (χ1) is 10.1. The zero-order chi connectivity index (χ0) is 15.3. The van der Waals surface area contributed by atoms with Gasteiger partial charge in [0.05, 0.1) is 12.5 Å². The van der Waals surface area contributed by atoms with Crippen LogP contribution in [0.1, 0.15) is 38.3 Å². The molecule has 1 atom stereocenters.